The molecule has 0 aromatic rings. The van der Waals surface area contributed by atoms with Gasteiger partial charge in [-0.2, -0.15) is 9.78 Å². The molecule has 1 saturated carbocycles. The molecule has 0 spiro atoms. The topological polar surface area (TPSA) is 71.1 Å². The van der Waals surface area contributed by atoms with Crippen molar-refractivity contribution < 1.29 is 29.1 Å². The van der Waals surface area contributed by atoms with Crippen LogP contribution in [0.3, 0.4) is 0 Å². The van der Waals surface area contributed by atoms with Crippen LogP contribution in [-0.2, 0) is 29.1 Å². The zero-order valence-electron chi connectivity index (χ0n) is 13.3. The van der Waals surface area contributed by atoms with Gasteiger partial charge in [0, 0.05) is 6.42 Å². The Labute approximate surface area is 125 Å². The number of carbonyl (C=O) groups is 2. The first kappa shape index (κ1) is 17.9. The summed E-state index contributed by atoms with van der Waals surface area (Å²) in [5, 5.41) is 0. The summed E-state index contributed by atoms with van der Waals surface area (Å²) in [7, 11) is 2.66. The fraction of sp³-hybridized carbons (Fsp3) is 0.867. The van der Waals surface area contributed by atoms with Crippen molar-refractivity contribution in [3.63, 3.8) is 0 Å². The summed E-state index contributed by atoms with van der Waals surface area (Å²) in [6, 6.07) is 0. The lowest BCUT2D eigenvalue weighted by Crippen LogP contribution is -2.06. The number of hydrogen-bond donors (Lipinski definition) is 0. The van der Waals surface area contributed by atoms with Gasteiger partial charge in [-0.25, -0.2) is 9.59 Å². The molecule has 1 fully saturated rings. The highest BCUT2D eigenvalue weighted by Gasteiger charge is 2.57. The summed E-state index contributed by atoms with van der Waals surface area (Å²) >= 11 is 0. The van der Waals surface area contributed by atoms with E-state index in [1.54, 1.807) is 0 Å². The van der Waals surface area contributed by atoms with Gasteiger partial charge in [0.05, 0.1) is 20.6 Å². The van der Waals surface area contributed by atoms with Crippen molar-refractivity contribution in [3.05, 3.63) is 0 Å². The summed E-state index contributed by atoms with van der Waals surface area (Å²) in [5.41, 5.74) is 0.182. The molecule has 0 aromatic heterocycles. The van der Waals surface area contributed by atoms with E-state index < -0.39 is 0 Å². The third-order valence-corrected chi connectivity index (χ3v) is 4.42. The van der Waals surface area contributed by atoms with Gasteiger partial charge < -0.3 is 0 Å². The first-order valence-electron chi connectivity index (χ1n) is 7.40. The number of hydrogen-bond acceptors (Lipinski definition) is 6. The van der Waals surface area contributed by atoms with Crippen molar-refractivity contribution in [1.29, 1.82) is 0 Å². The van der Waals surface area contributed by atoms with Crippen LogP contribution in [0.25, 0.3) is 0 Å². The van der Waals surface area contributed by atoms with Gasteiger partial charge in [0.1, 0.15) is 0 Å². The molecule has 0 N–H and O–H groups in total. The minimum absolute atomic E-state index is 0.182. The minimum Gasteiger partial charge on any atom is -0.299 e. The monoisotopic (exact) mass is 302 g/mol. The Bertz CT molecular complexity index is 352. The summed E-state index contributed by atoms with van der Waals surface area (Å²) in [4.78, 5) is 40.1. The molecule has 21 heavy (non-hydrogen) atoms. The molecule has 122 valence electrons. The third kappa shape index (κ3) is 5.63. The van der Waals surface area contributed by atoms with Gasteiger partial charge in [-0.1, -0.05) is 26.7 Å². The van der Waals surface area contributed by atoms with Crippen LogP contribution >= 0.6 is 0 Å². The minimum atomic E-state index is -0.329. The Morgan fingerprint density at radius 3 is 2.14 bits per heavy atom. The Morgan fingerprint density at radius 2 is 1.52 bits per heavy atom. The van der Waals surface area contributed by atoms with Crippen LogP contribution in [0.2, 0.25) is 0 Å². The maximum absolute atomic E-state index is 11.4. The molecule has 0 aliphatic heterocycles. The Balaban J connectivity index is 2.15. The van der Waals surface area contributed by atoms with Gasteiger partial charge in [-0.15, -0.1) is 0 Å². The summed E-state index contributed by atoms with van der Waals surface area (Å²) in [6.07, 6.45) is 4.67. The van der Waals surface area contributed by atoms with Crippen molar-refractivity contribution in [3.8, 4) is 0 Å². The molecule has 1 rings (SSSR count). The standard InChI is InChI=1S/C15H26O6/c1-15(2)11(12(15)10-14(17)21-19-4)8-6-5-7-9-13(16)20-18-3/h11-12H,5-10H2,1-4H3. The van der Waals surface area contributed by atoms with Gasteiger partial charge in [0.15, 0.2) is 0 Å². The molecule has 0 radical (unpaired) electrons. The molecule has 0 heterocycles. The first-order valence-corrected chi connectivity index (χ1v) is 7.40. The maximum atomic E-state index is 11.4. The van der Waals surface area contributed by atoms with Crippen LogP contribution in [0, 0.1) is 17.3 Å². The molecule has 2 atom stereocenters. The highest BCUT2D eigenvalue weighted by Crippen LogP contribution is 2.62. The SMILES string of the molecule is COOC(=O)CCCCCC1C(CC(=O)OOC)C1(C)C. The van der Waals surface area contributed by atoms with Crippen LogP contribution in [0.1, 0.15) is 52.4 Å². The first-order chi connectivity index (χ1) is 9.93. The van der Waals surface area contributed by atoms with E-state index in [9.17, 15) is 9.59 Å². The number of rotatable bonds is 10. The second-order valence-corrected chi connectivity index (χ2v) is 6.08. The van der Waals surface area contributed by atoms with E-state index in [1.807, 2.05) is 0 Å². The van der Waals surface area contributed by atoms with E-state index in [0.29, 0.717) is 24.7 Å². The van der Waals surface area contributed by atoms with Crippen molar-refractivity contribution in [1.82, 2.24) is 0 Å². The van der Waals surface area contributed by atoms with Crippen LogP contribution in [0.4, 0.5) is 0 Å². The predicted molar refractivity (Wildman–Crippen MR) is 74.7 cm³/mol. The molecule has 2 unspecified atom stereocenters. The van der Waals surface area contributed by atoms with E-state index in [-0.39, 0.29) is 17.4 Å². The average Bonchev–Trinajstić information content (AvgIpc) is 2.90. The molecule has 0 aromatic carbocycles. The number of carbonyl (C=O) groups excluding carboxylic acids is 2. The van der Waals surface area contributed by atoms with Crippen LogP contribution in [0.5, 0.6) is 0 Å². The molecular formula is C15H26O6. The lowest BCUT2D eigenvalue weighted by atomic mass is 10.0. The molecule has 0 amide bonds. The normalized spacial score (nSPS) is 22.7. The smallest absolute Gasteiger partial charge is 0.299 e. The predicted octanol–water partition coefficient (Wildman–Crippen LogP) is 2.81. The highest BCUT2D eigenvalue weighted by molar-refractivity contribution is 5.69. The Kier molecular flexibility index (Phi) is 7.11. The van der Waals surface area contributed by atoms with Gasteiger partial charge in [0.25, 0.3) is 0 Å². The molecule has 0 saturated heterocycles. The van der Waals surface area contributed by atoms with E-state index >= 15 is 0 Å². The Morgan fingerprint density at radius 1 is 0.905 bits per heavy atom. The molecule has 6 nitrogen and oxygen atoms in total. The summed E-state index contributed by atoms with van der Waals surface area (Å²) < 4.78 is 0. The van der Waals surface area contributed by atoms with E-state index in [0.717, 1.165) is 25.7 Å². The van der Waals surface area contributed by atoms with Crippen LogP contribution in [0.15, 0.2) is 0 Å². The zero-order valence-corrected chi connectivity index (χ0v) is 13.3. The lowest BCUT2D eigenvalue weighted by Gasteiger charge is -2.03. The summed E-state index contributed by atoms with van der Waals surface area (Å²) in [5.74, 6) is 0.260. The van der Waals surface area contributed by atoms with Gasteiger partial charge in [-0.05, 0) is 30.1 Å². The largest absolute Gasteiger partial charge is 0.342 e. The lowest BCUT2D eigenvalue weighted by molar-refractivity contribution is -0.255. The second kappa shape index (κ2) is 8.34. The molecule has 1 aliphatic carbocycles. The van der Waals surface area contributed by atoms with Crippen molar-refractivity contribution in [2.24, 2.45) is 17.3 Å². The van der Waals surface area contributed by atoms with Gasteiger partial charge in [0.2, 0.25) is 0 Å². The molecule has 6 heteroatoms. The van der Waals surface area contributed by atoms with E-state index in [1.165, 1.54) is 14.2 Å². The molecule has 0 bridgehead atoms. The second-order valence-electron chi connectivity index (χ2n) is 6.08. The van der Waals surface area contributed by atoms with Gasteiger partial charge >= 0.3 is 11.9 Å². The van der Waals surface area contributed by atoms with Gasteiger partial charge in [-0.3, -0.25) is 9.78 Å². The quantitative estimate of drug-likeness (QED) is 0.351. The van der Waals surface area contributed by atoms with E-state index in [4.69, 9.17) is 0 Å². The van der Waals surface area contributed by atoms with Crippen LogP contribution < -0.4 is 0 Å². The summed E-state index contributed by atoms with van der Waals surface area (Å²) in [6.45, 7) is 4.36. The highest BCUT2D eigenvalue weighted by atomic mass is 17.2. The Hall–Kier alpha value is -1.14. The maximum Gasteiger partial charge on any atom is 0.342 e. The van der Waals surface area contributed by atoms with Crippen molar-refractivity contribution in [2.75, 3.05) is 14.2 Å². The van der Waals surface area contributed by atoms with Crippen LogP contribution in [-0.4, -0.2) is 26.2 Å². The molecular weight excluding hydrogens is 276 g/mol. The zero-order chi connectivity index (χ0) is 15.9. The van der Waals surface area contributed by atoms with Crippen molar-refractivity contribution >= 4 is 11.9 Å². The average molecular weight is 302 g/mol. The molecule has 1 aliphatic rings. The van der Waals surface area contributed by atoms with Crippen molar-refractivity contribution in [2.45, 2.75) is 52.4 Å². The fourth-order valence-corrected chi connectivity index (χ4v) is 3.09. The fourth-order valence-electron chi connectivity index (χ4n) is 3.09. The number of unbranched alkanes of at least 4 members (excludes halogenated alkanes) is 2. The van der Waals surface area contributed by atoms with E-state index in [2.05, 4.69) is 33.4 Å². The third-order valence-electron chi connectivity index (χ3n) is 4.42.